The van der Waals surface area contributed by atoms with Crippen molar-refractivity contribution in [1.82, 2.24) is 10.2 Å². The topological polar surface area (TPSA) is 24.5 Å². The summed E-state index contributed by atoms with van der Waals surface area (Å²) < 4.78 is 5.12. The molecule has 1 heterocycles. The molecule has 0 aromatic carbocycles. The largest absolute Gasteiger partial charge is 0.385 e. The molecule has 0 radical (unpaired) electrons. The Balaban J connectivity index is 2.10. The second kappa shape index (κ2) is 8.04. The summed E-state index contributed by atoms with van der Waals surface area (Å²) in [7, 11) is 4.02. The van der Waals surface area contributed by atoms with Crippen LogP contribution < -0.4 is 5.32 Å². The molecule has 1 fully saturated rings. The van der Waals surface area contributed by atoms with Crippen molar-refractivity contribution in [2.24, 2.45) is 5.92 Å². The van der Waals surface area contributed by atoms with Crippen molar-refractivity contribution < 1.29 is 4.74 Å². The van der Waals surface area contributed by atoms with Crippen molar-refractivity contribution in [2.75, 3.05) is 40.4 Å². The van der Waals surface area contributed by atoms with Gasteiger partial charge in [-0.05, 0) is 65.2 Å². The van der Waals surface area contributed by atoms with Gasteiger partial charge in [0.25, 0.3) is 0 Å². The third-order valence-electron chi connectivity index (χ3n) is 3.84. The highest BCUT2D eigenvalue weighted by atomic mass is 16.5. The van der Waals surface area contributed by atoms with Gasteiger partial charge in [-0.3, -0.25) is 0 Å². The number of nitrogens with zero attached hydrogens (tertiary/aromatic N) is 1. The van der Waals surface area contributed by atoms with Crippen LogP contribution in [0.5, 0.6) is 0 Å². The minimum Gasteiger partial charge on any atom is -0.385 e. The maximum atomic E-state index is 5.12. The number of nitrogens with one attached hydrogen (secondary N) is 1. The van der Waals surface area contributed by atoms with Crippen molar-refractivity contribution in [3.8, 4) is 0 Å². The van der Waals surface area contributed by atoms with Crippen LogP contribution in [-0.4, -0.2) is 51.3 Å². The first-order valence-corrected chi connectivity index (χ1v) is 6.64. The molecular weight excluding hydrogens is 200 g/mol. The fourth-order valence-corrected chi connectivity index (χ4v) is 2.29. The van der Waals surface area contributed by atoms with Gasteiger partial charge in [0.05, 0.1) is 0 Å². The number of piperidine rings is 1. The molecule has 0 aliphatic carbocycles. The molecule has 0 spiro atoms. The summed E-state index contributed by atoms with van der Waals surface area (Å²) in [5, 5.41) is 3.42. The van der Waals surface area contributed by atoms with Gasteiger partial charge in [-0.25, -0.2) is 0 Å². The monoisotopic (exact) mass is 228 g/mol. The maximum absolute atomic E-state index is 5.12. The van der Waals surface area contributed by atoms with E-state index in [1.165, 1.54) is 38.9 Å². The van der Waals surface area contributed by atoms with Crippen molar-refractivity contribution in [1.29, 1.82) is 0 Å². The van der Waals surface area contributed by atoms with Crippen LogP contribution >= 0.6 is 0 Å². The molecule has 1 aliphatic rings. The molecule has 0 bridgehead atoms. The van der Waals surface area contributed by atoms with Gasteiger partial charge in [0.2, 0.25) is 0 Å². The third kappa shape index (κ3) is 5.28. The molecule has 1 rings (SSSR count). The van der Waals surface area contributed by atoms with Gasteiger partial charge in [-0.1, -0.05) is 0 Å². The van der Waals surface area contributed by atoms with Crippen LogP contribution in [0, 0.1) is 5.92 Å². The molecule has 3 nitrogen and oxygen atoms in total. The first-order valence-electron chi connectivity index (χ1n) is 6.64. The van der Waals surface area contributed by atoms with E-state index in [0.717, 1.165) is 18.9 Å². The lowest BCUT2D eigenvalue weighted by atomic mass is 9.94. The number of hydrogen-bond donors (Lipinski definition) is 1. The Morgan fingerprint density at radius 1 is 1.38 bits per heavy atom. The van der Waals surface area contributed by atoms with E-state index in [9.17, 15) is 0 Å². The van der Waals surface area contributed by atoms with E-state index in [-0.39, 0.29) is 0 Å². The SMILES string of the molecule is COCCC(C)N(C)CCC1CCNCC1. The second-order valence-electron chi connectivity index (χ2n) is 5.09. The lowest BCUT2D eigenvalue weighted by molar-refractivity contribution is 0.147. The van der Waals surface area contributed by atoms with Gasteiger partial charge in [0.1, 0.15) is 0 Å². The Labute approximate surface area is 101 Å². The van der Waals surface area contributed by atoms with E-state index in [1.807, 2.05) is 0 Å². The third-order valence-corrected chi connectivity index (χ3v) is 3.84. The fourth-order valence-electron chi connectivity index (χ4n) is 2.29. The van der Waals surface area contributed by atoms with E-state index in [0.29, 0.717) is 6.04 Å². The zero-order chi connectivity index (χ0) is 11.8. The summed E-state index contributed by atoms with van der Waals surface area (Å²) in [5.41, 5.74) is 0. The molecule has 1 aliphatic heterocycles. The highest BCUT2D eigenvalue weighted by Gasteiger charge is 2.15. The van der Waals surface area contributed by atoms with E-state index in [2.05, 4.69) is 24.2 Å². The van der Waals surface area contributed by atoms with Crippen LogP contribution in [0.4, 0.5) is 0 Å². The van der Waals surface area contributed by atoms with Crippen LogP contribution in [-0.2, 0) is 4.74 Å². The Morgan fingerprint density at radius 3 is 2.69 bits per heavy atom. The van der Waals surface area contributed by atoms with Crippen LogP contribution in [0.2, 0.25) is 0 Å². The lowest BCUT2D eigenvalue weighted by Crippen LogP contribution is -2.34. The molecule has 16 heavy (non-hydrogen) atoms. The van der Waals surface area contributed by atoms with Gasteiger partial charge in [0.15, 0.2) is 0 Å². The van der Waals surface area contributed by atoms with Crippen molar-refractivity contribution in [3.63, 3.8) is 0 Å². The molecule has 1 saturated heterocycles. The summed E-state index contributed by atoms with van der Waals surface area (Å²) in [6.45, 7) is 6.83. The first kappa shape index (κ1) is 13.9. The molecule has 0 aromatic heterocycles. The number of hydrogen-bond acceptors (Lipinski definition) is 3. The molecule has 1 atom stereocenters. The van der Waals surface area contributed by atoms with Gasteiger partial charge in [-0.15, -0.1) is 0 Å². The predicted molar refractivity (Wildman–Crippen MR) is 68.8 cm³/mol. The molecule has 3 heteroatoms. The van der Waals surface area contributed by atoms with Gasteiger partial charge in [-0.2, -0.15) is 0 Å². The normalized spacial score (nSPS) is 20.2. The van der Waals surface area contributed by atoms with E-state index in [4.69, 9.17) is 4.74 Å². The average Bonchev–Trinajstić information content (AvgIpc) is 2.34. The van der Waals surface area contributed by atoms with Crippen molar-refractivity contribution in [2.45, 2.75) is 38.6 Å². The minimum absolute atomic E-state index is 0.640. The minimum atomic E-state index is 0.640. The molecule has 1 unspecified atom stereocenters. The smallest absolute Gasteiger partial charge is 0.0477 e. The summed E-state index contributed by atoms with van der Waals surface area (Å²) in [4.78, 5) is 2.47. The van der Waals surface area contributed by atoms with Crippen molar-refractivity contribution in [3.05, 3.63) is 0 Å². The highest BCUT2D eigenvalue weighted by Crippen LogP contribution is 2.16. The Hall–Kier alpha value is -0.120. The zero-order valence-corrected chi connectivity index (χ0v) is 11.2. The summed E-state index contributed by atoms with van der Waals surface area (Å²) in [6, 6.07) is 0.640. The summed E-state index contributed by atoms with van der Waals surface area (Å²) in [6.07, 6.45) is 5.22. The second-order valence-corrected chi connectivity index (χ2v) is 5.09. The lowest BCUT2D eigenvalue weighted by Gasteiger charge is -2.28. The van der Waals surface area contributed by atoms with E-state index in [1.54, 1.807) is 7.11 Å². The van der Waals surface area contributed by atoms with E-state index < -0.39 is 0 Å². The summed E-state index contributed by atoms with van der Waals surface area (Å²) in [5.74, 6) is 0.943. The summed E-state index contributed by atoms with van der Waals surface area (Å²) >= 11 is 0. The van der Waals surface area contributed by atoms with Gasteiger partial charge in [0, 0.05) is 19.8 Å². The molecule has 0 saturated carbocycles. The van der Waals surface area contributed by atoms with Crippen LogP contribution in [0.25, 0.3) is 0 Å². The van der Waals surface area contributed by atoms with Crippen LogP contribution in [0.1, 0.15) is 32.6 Å². The van der Waals surface area contributed by atoms with Crippen LogP contribution in [0.3, 0.4) is 0 Å². The fraction of sp³-hybridized carbons (Fsp3) is 1.00. The zero-order valence-electron chi connectivity index (χ0n) is 11.2. The average molecular weight is 228 g/mol. The number of rotatable bonds is 7. The highest BCUT2D eigenvalue weighted by molar-refractivity contribution is 4.71. The van der Waals surface area contributed by atoms with Gasteiger partial charge < -0.3 is 15.0 Å². The van der Waals surface area contributed by atoms with Crippen LogP contribution in [0.15, 0.2) is 0 Å². The molecular formula is C13H28N2O. The number of methoxy groups -OCH3 is 1. The molecule has 96 valence electrons. The standard InChI is InChI=1S/C13H28N2O/c1-12(7-11-16-3)15(2)10-6-13-4-8-14-9-5-13/h12-14H,4-11H2,1-3H3. The van der Waals surface area contributed by atoms with Gasteiger partial charge >= 0.3 is 0 Å². The molecule has 0 aromatic rings. The van der Waals surface area contributed by atoms with E-state index >= 15 is 0 Å². The Bertz CT molecular complexity index is 169. The predicted octanol–water partition coefficient (Wildman–Crippen LogP) is 1.73. The molecule has 0 amide bonds. The Kier molecular flexibility index (Phi) is 7.01. The Morgan fingerprint density at radius 2 is 2.06 bits per heavy atom. The van der Waals surface area contributed by atoms with Crippen molar-refractivity contribution >= 4 is 0 Å². The maximum Gasteiger partial charge on any atom is 0.0477 e. The first-order chi connectivity index (χ1) is 7.74. The quantitative estimate of drug-likeness (QED) is 0.718. The number of ether oxygens (including phenoxy) is 1. The molecule has 1 N–H and O–H groups in total.